The number of carbonyl (C=O) groups excluding carboxylic acids is 3. The molecule has 182 valence electrons. The second-order valence-corrected chi connectivity index (χ2v) is 8.03. The number of hydrazine groups is 1. The summed E-state index contributed by atoms with van der Waals surface area (Å²) in [5, 5.41) is 16.9. The van der Waals surface area contributed by atoms with Gasteiger partial charge in [-0.05, 0) is 31.6 Å². The van der Waals surface area contributed by atoms with Crippen LogP contribution in [-0.2, 0) is 19.2 Å². The third kappa shape index (κ3) is 10.9. The number of nitrogens with one attached hydrogen (secondary N) is 5. The van der Waals surface area contributed by atoms with Gasteiger partial charge in [-0.2, -0.15) is 0 Å². The fourth-order valence-corrected chi connectivity index (χ4v) is 3.14. The molecule has 1 aliphatic rings. The number of amides is 3. The number of carboxylic acid groups (broad SMARTS) is 1. The normalized spacial score (nSPS) is 17.7. The molecular weight excluding hydrogens is 420 g/mol. The van der Waals surface area contributed by atoms with Crippen LogP contribution in [0.4, 0.5) is 0 Å². The molecular formula is C19H36N8O5. The standard InChI is InChI=1S/C19H36N8O5/c1-11(2)16(17(30)25-13(18(31)32)6-4-7-22-19(20)21)26-15(29)10-23-14(28)9-12-5-3-8-24-27-12/h11-13,16,24,27H,3-10H2,1-2H3,(H,23,28)(H,25,30)(H,26,29)(H,31,32)(H4,20,21,22)/t12-,13+,16+/m1/s1. The van der Waals surface area contributed by atoms with Gasteiger partial charge in [0, 0.05) is 25.6 Å². The molecule has 0 aromatic carbocycles. The second-order valence-electron chi connectivity index (χ2n) is 8.03. The van der Waals surface area contributed by atoms with Gasteiger partial charge in [-0.15, -0.1) is 0 Å². The molecule has 3 atom stereocenters. The summed E-state index contributed by atoms with van der Waals surface area (Å²) in [6.07, 6.45) is 2.53. The monoisotopic (exact) mass is 456 g/mol. The average Bonchev–Trinajstić information content (AvgIpc) is 2.72. The minimum atomic E-state index is -1.20. The number of aliphatic imine (C=N–C) groups is 1. The van der Waals surface area contributed by atoms with Gasteiger partial charge in [0.1, 0.15) is 12.1 Å². The van der Waals surface area contributed by atoms with Crippen molar-refractivity contribution in [3.8, 4) is 0 Å². The Labute approximate surface area is 187 Å². The van der Waals surface area contributed by atoms with Crippen molar-refractivity contribution in [2.45, 2.75) is 64.1 Å². The van der Waals surface area contributed by atoms with Gasteiger partial charge < -0.3 is 32.5 Å². The van der Waals surface area contributed by atoms with E-state index < -0.39 is 29.9 Å². The summed E-state index contributed by atoms with van der Waals surface area (Å²) in [6, 6.07) is -2.10. The van der Waals surface area contributed by atoms with Gasteiger partial charge in [-0.3, -0.25) is 30.2 Å². The Kier molecular flexibility index (Phi) is 12.0. The lowest BCUT2D eigenvalue weighted by atomic mass is 10.0. The van der Waals surface area contributed by atoms with E-state index in [4.69, 9.17) is 11.5 Å². The number of nitrogens with two attached hydrogens (primary N) is 2. The quantitative estimate of drug-likeness (QED) is 0.0835. The summed E-state index contributed by atoms with van der Waals surface area (Å²) >= 11 is 0. The second kappa shape index (κ2) is 14.2. The highest BCUT2D eigenvalue weighted by Crippen LogP contribution is 2.06. The highest BCUT2D eigenvalue weighted by Gasteiger charge is 2.28. The maximum Gasteiger partial charge on any atom is 0.326 e. The molecule has 1 aliphatic heterocycles. The van der Waals surface area contributed by atoms with Crippen molar-refractivity contribution in [3.63, 3.8) is 0 Å². The molecule has 0 aromatic heterocycles. The van der Waals surface area contributed by atoms with Crippen LogP contribution in [0.5, 0.6) is 0 Å². The number of rotatable bonds is 13. The van der Waals surface area contributed by atoms with Gasteiger partial charge in [0.2, 0.25) is 17.7 Å². The lowest BCUT2D eigenvalue weighted by Crippen LogP contribution is -2.55. The van der Waals surface area contributed by atoms with Crippen LogP contribution in [0, 0.1) is 5.92 Å². The summed E-state index contributed by atoms with van der Waals surface area (Å²) in [7, 11) is 0. The van der Waals surface area contributed by atoms with Crippen LogP contribution >= 0.6 is 0 Å². The fraction of sp³-hybridized carbons (Fsp3) is 0.737. The first-order valence-corrected chi connectivity index (χ1v) is 10.7. The minimum Gasteiger partial charge on any atom is -0.480 e. The molecule has 32 heavy (non-hydrogen) atoms. The Morgan fingerprint density at radius 2 is 1.88 bits per heavy atom. The van der Waals surface area contributed by atoms with Crippen molar-refractivity contribution in [1.82, 2.24) is 26.8 Å². The van der Waals surface area contributed by atoms with E-state index in [9.17, 15) is 24.3 Å². The fourth-order valence-electron chi connectivity index (χ4n) is 3.14. The molecule has 1 saturated heterocycles. The zero-order valence-corrected chi connectivity index (χ0v) is 18.6. The van der Waals surface area contributed by atoms with Crippen molar-refractivity contribution in [2.75, 3.05) is 19.6 Å². The number of hydrogen-bond acceptors (Lipinski definition) is 7. The molecule has 0 saturated carbocycles. The predicted molar refractivity (Wildman–Crippen MR) is 118 cm³/mol. The summed E-state index contributed by atoms with van der Waals surface area (Å²) < 4.78 is 0. The number of guanidine groups is 1. The Morgan fingerprint density at radius 3 is 2.44 bits per heavy atom. The predicted octanol–water partition coefficient (Wildman–Crippen LogP) is -2.49. The molecule has 1 heterocycles. The van der Waals surface area contributed by atoms with E-state index >= 15 is 0 Å². The Morgan fingerprint density at radius 1 is 1.16 bits per heavy atom. The molecule has 13 heteroatoms. The zero-order chi connectivity index (χ0) is 24.1. The van der Waals surface area contributed by atoms with Gasteiger partial charge in [-0.1, -0.05) is 13.8 Å². The van der Waals surface area contributed by atoms with E-state index in [2.05, 4.69) is 31.8 Å². The van der Waals surface area contributed by atoms with Gasteiger partial charge in [-0.25, -0.2) is 4.79 Å². The average molecular weight is 457 g/mol. The van der Waals surface area contributed by atoms with Crippen LogP contribution < -0.4 is 38.3 Å². The highest BCUT2D eigenvalue weighted by molar-refractivity contribution is 5.92. The van der Waals surface area contributed by atoms with Crippen molar-refractivity contribution < 1.29 is 24.3 Å². The molecule has 13 nitrogen and oxygen atoms in total. The molecule has 0 aromatic rings. The number of carbonyl (C=O) groups is 4. The third-order valence-corrected chi connectivity index (χ3v) is 4.86. The summed E-state index contributed by atoms with van der Waals surface area (Å²) in [5.74, 6) is -3.04. The number of carboxylic acids is 1. The van der Waals surface area contributed by atoms with Crippen LogP contribution in [0.25, 0.3) is 0 Å². The van der Waals surface area contributed by atoms with Crippen molar-refractivity contribution in [2.24, 2.45) is 22.4 Å². The number of hydrogen-bond donors (Lipinski definition) is 8. The first-order chi connectivity index (χ1) is 15.1. The summed E-state index contributed by atoms with van der Waals surface area (Å²) in [5.41, 5.74) is 16.5. The molecule has 1 rings (SSSR count). The molecule has 10 N–H and O–H groups in total. The summed E-state index contributed by atoms with van der Waals surface area (Å²) in [4.78, 5) is 52.2. The maximum absolute atomic E-state index is 12.6. The van der Waals surface area contributed by atoms with E-state index in [0.717, 1.165) is 19.4 Å². The van der Waals surface area contributed by atoms with Gasteiger partial charge in [0.15, 0.2) is 5.96 Å². The lowest BCUT2D eigenvalue weighted by Gasteiger charge is -2.25. The zero-order valence-electron chi connectivity index (χ0n) is 18.6. The Bertz CT molecular complexity index is 675. The third-order valence-electron chi connectivity index (χ3n) is 4.86. The molecule has 0 spiro atoms. The van der Waals surface area contributed by atoms with E-state index in [1.807, 2.05) is 0 Å². The molecule has 0 unspecified atom stereocenters. The molecule has 0 aliphatic carbocycles. The van der Waals surface area contributed by atoms with Crippen LogP contribution in [0.3, 0.4) is 0 Å². The van der Waals surface area contributed by atoms with Crippen molar-refractivity contribution in [1.29, 1.82) is 0 Å². The van der Waals surface area contributed by atoms with Crippen molar-refractivity contribution >= 4 is 29.7 Å². The Hall–Kier alpha value is -2.93. The molecule has 3 amide bonds. The van der Waals surface area contributed by atoms with E-state index in [-0.39, 0.29) is 49.8 Å². The van der Waals surface area contributed by atoms with E-state index in [0.29, 0.717) is 6.42 Å². The van der Waals surface area contributed by atoms with E-state index in [1.165, 1.54) is 0 Å². The largest absolute Gasteiger partial charge is 0.480 e. The minimum absolute atomic E-state index is 0.000868. The molecule has 0 radical (unpaired) electrons. The number of nitrogens with zero attached hydrogens (tertiary/aromatic N) is 1. The first-order valence-electron chi connectivity index (χ1n) is 10.7. The van der Waals surface area contributed by atoms with Crippen LogP contribution in [0.1, 0.15) is 46.0 Å². The van der Waals surface area contributed by atoms with Crippen LogP contribution in [0.2, 0.25) is 0 Å². The summed E-state index contributed by atoms with van der Waals surface area (Å²) in [6.45, 7) is 4.24. The van der Waals surface area contributed by atoms with Gasteiger partial charge in [0.05, 0.1) is 6.54 Å². The first kappa shape index (κ1) is 27.1. The van der Waals surface area contributed by atoms with Gasteiger partial charge >= 0.3 is 5.97 Å². The maximum atomic E-state index is 12.6. The topological polar surface area (TPSA) is 213 Å². The van der Waals surface area contributed by atoms with Crippen molar-refractivity contribution in [3.05, 3.63) is 0 Å². The SMILES string of the molecule is CC(C)[C@H](NC(=O)CNC(=O)C[C@H]1CCCNN1)C(=O)N[C@@H](CCCN=C(N)N)C(=O)O. The lowest BCUT2D eigenvalue weighted by molar-refractivity contribution is -0.142. The Balaban J connectivity index is 2.51. The highest BCUT2D eigenvalue weighted by atomic mass is 16.4. The van der Waals surface area contributed by atoms with Crippen LogP contribution in [0.15, 0.2) is 4.99 Å². The van der Waals surface area contributed by atoms with E-state index in [1.54, 1.807) is 13.8 Å². The molecule has 0 bridgehead atoms. The number of aliphatic carboxylic acids is 1. The van der Waals surface area contributed by atoms with Crippen LogP contribution in [-0.4, -0.2) is 72.5 Å². The smallest absolute Gasteiger partial charge is 0.326 e. The molecule has 1 fully saturated rings. The van der Waals surface area contributed by atoms with Gasteiger partial charge in [0.25, 0.3) is 0 Å².